The molecule has 1 aromatic carbocycles. The number of nitrogens with one attached hydrogen (secondary N) is 1. The van der Waals surface area contributed by atoms with E-state index in [0.717, 1.165) is 23.2 Å². The number of hydrogen-bond acceptors (Lipinski definition) is 4. The molecule has 0 aliphatic rings. The van der Waals surface area contributed by atoms with Crippen molar-refractivity contribution in [3.05, 3.63) is 30.0 Å². The van der Waals surface area contributed by atoms with Crippen LogP contribution in [0, 0.1) is 0 Å². The van der Waals surface area contributed by atoms with Crippen LogP contribution >= 0.6 is 0 Å². The molecule has 4 heteroatoms. The van der Waals surface area contributed by atoms with Crippen molar-refractivity contribution >= 4 is 11.0 Å². The van der Waals surface area contributed by atoms with Gasteiger partial charge in [0.05, 0.1) is 0 Å². The number of aryl methyl sites for hydroxylation is 1. The fraction of sp³-hybridized carbons (Fsp3) is 0.500. The van der Waals surface area contributed by atoms with Crippen LogP contribution in [0.15, 0.2) is 28.7 Å². The average molecular weight is 277 g/mol. The van der Waals surface area contributed by atoms with Crippen LogP contribution in [0.1, 0.15) is 26.5 Å². The number of rotatable bonds is 7. The van der Waals surface area contributed by atoms with Crippen LogP contribution in [0.3, 0.4) is 0 Å². The predicted molar refractivity (Wildman–Crippen MR) is 80.2 cm³/mol. The first kappa shape index (κ1) is 14.9. The molecular formula is C16H23NO3. The van der Waals surface area contributed by atoms with Gasteiger partial charge in [0.1, 0.15) is 18.5 Å². The molecule has 0 aliphatic carbocycles. The van der Waals surface area contributed by atoms with E-state index in [-0.39, 0.29) is 6.61 Å². The summed E-state index contributed by atoms with van der Waals surface area (Å²) in [5, 5.41) is 14.1. The summed E-state index contributed by atoms with van der Waals surface area (Å²) in [6, 6.07) is 8.19. The first-order valence-electron chi connectivity index (χ1n) is 7.15. The van der Waals surface area contributed by atoms with Crippen LogP contribution < -0.4 is 10.1 Å². The number of benzene rings is 1. The predicted octanol–water partition coefficient (Wildman–Crippen LogP) is 2.73. The van der Waals surface area contributed by atoms with Crippen molar-refractivity contribution in [1.82, 2.24) is 5.32 Å². The van der Waals surface area contributed by atoms with Crippen molar-refractivity contribution in [2.45, 2.75) is 39.3 Å². The summed E-state index contributed by atoms with van der Waals surface area (Å²) < 4.78 is 11.4. The van der Waals surface area contributed by atoms with Crippen LogP contribution in [-0.4, -0.2) is 30.4 Å². The quantitative estimate of drug-likeness (QED) is 0.817. The van der Waals surface area contributed by atoms with Crippen molar-refractivity contribution in [3.8, 4) is 5.75 Å². The Balaban J connectivity index is 2.00. The molecular weight excluding hydrogens is 254 g/mol. The van der Waals surface area contributed by atoms with Crippen molar-refractivity contribution in [2.24, 2.45) is 0 Å². The largest absolute Gasteiger partial charge is 0.487 e. The second kappa shape index (κ2) is 6.77. The number of furan rings is 1. The minimum Gasteiger partial charge on any atom is -0.487 e. The maximum absolute atomic E-state index is 9.86. The Kier molecular flexibility index (Phi) is 5.04. The molecule has 2 rings (SSSR count). The molecule has 1 aromatic heterocycles. The first-order valence-corrected chi connectivity index (χ1v) is 7.15. The normalized spacial score (nSPS) is 13.1. The Labute approximate surface area is 119 Å². The Bertz CT molecular complexity index is 548. The van der Waals surface area contributed by atoms with Crippen molar-refractivity contribution < 1.29 is 14.3 Å². The fourth-order valence-electron chi connectivity index (χ4n) is 1.99. The Morgan fingerprint density at radius 2 is 2.15 bits per heavy atom. The third kappa shape index (κ3) is 3.74. The molecule has 2 aromatic rings. The van der Waals surface area contributed by atoms with Gasteiger partial charge in [-0.3, -0.25) is 0 Å². The molecule has 0 radical (unpaired) electrons. The molecule has 1 atom stereocenters. The maximum Gasteiger partial charge on any atom is 0.176 e. The van der Waals surface area contributed by atoms with Gasteiger partial charge in [-0.2, -0.15) is 0 Å². The van der Waals surface area contributed by atoms with E-state index in [1.807, 2.05) is 38.1 Å². The Morgan fingerprint density at radius 3 is 2.85 bits per heavy atom. The highest BCUT2D eigenvalue weighted by molar-refractivity contribution is 5.83. The van der Waals surface area contributed by atoms with Crippen LogP contribution in [0.2, 0.25) is 0 Å². The molecule has 20 heavy (non-hydrogen) atoms. The van der Waals surface area contributed by atoms with Gasteiger partial charge in [0.25, 0.3) is 0 Å². The van der Waals surface area contributed by atoms with E-state index in [0.29, 0.717) is 18.3 Å². The molecule has 4 nitrogen and oxygen atoms in total. The summed E-state index contributed by atoms with van der Waals surface area (Å²) in [7, 11) is 0. The fourth-order valence-corrected chi connectivity index (χ4v) is 1.99. The third-order valence-electron chi connectivity index (χ3n) is 3.10. The van der Waals surface area contributed by atoms with E-state index in [1.54, 1.807) is 0 Å². The van der Waals surface area contributed by atoms with E-state index in [4.69, 9.17) is 9.15 Å². The van der Waals surface area contributed by atoms with Crippen molar-refractivity contribution in [2.75, 3.05) is 13.2 Å². The van der Waals surface area contributed by atoms with Gasteiger partial charge in [0.2, 0.25) is 0 Å². The van der Waals surface area contributed by atoms with E-state index < -0.39 is 6.10 Å². The lowest BCUT2D eigenvalue weighted by Gasteiger charge is -2.15. The van der Waals surface area contributed by atoms with Gasteiger partial charge in [-0.15, -0.1) is 0 Å². The van der Waals surface area contributed by atoms with Crippen LogP contribution in [-0.2, 0) is 6.42 Å². The Morgan fingerprint density at radius 1 is 1.35 bits per heavy atom. The first-order chi connectivity index (χ1) is 9.60. The highest BCUT2D eigenvalue weighted by Crippen LogP contribution is 2.28. The third-order valence-corrected chi connectivity index (χ3v) is 3.10. The standard InChI is InChI=1S/C16H23NO3/c1-4-14-8-12-6-5-7-15(16(12)20-14)19-10-13(18)9-17-11(2)3/h5-8,11,13,17-18H,4,9-10H2,1-3H3/t13-/m1/s1. The number of para-hydroxylation sites is 1. The van der Waals surface area contributed by atoms with E-state index >= 15 is 0 Å². The second-order valence-electron chi connectivity index (χ2n) is 5.27. The number of ether oxygens (including phenoxy) is 1. The zero-order valence-corrected chi connectivity index (χ0v) is 12.3. The summed E-state index contributed by atoms with van der Waals surface area (Å²) >= 11 is 0. The average Bonchev–Trinajstić information content (AvgIpc) is 2.86. The van der Waals surface area contributed by atoms with Crippen LogP contribution in [0.5, 0.6) is 5.75 Å². The molecule has 0 saturated carbocycles. The summed E-state index contributed by atoms with van der Waals surface area (Å²) in [6.45, 7) is 6.92. The molecule has 1 heterocycles. The van der Waals surface area contributed by atoms with Gasteiger partial charge >= 0.3 is 0 Å². The van der Waals surface area contributed by atoms with E-state index in [1.165, 1.54) is 0 Å². The number of hydrogen-bond donors (Lipinski definition) is 2. The highest BCUT2D eigenvalue weighted by atomic mass is 16.5. The molecule has 0 bridgehead atoms. The van der Waals surface area contributed by atoms with Crippen molar-refractivity contribution in [1.29, 1.82) is 0 Å². The summed E-state index contributed by atoms with van der Waals surface area (Å²) in [5.74, 6) is 1.63. The SMILES string of the molecule is CCc1cc2cccc(OC[C@H](O)CNC(C)C)c2o1. The molecule has 2 N–H and O–H groups in total. The van der Waals surface area contributed by atoms with Crippen LogP contribution in [0.4, 0.5) is 0 Å². The zero-order chi connectivity index (χ0) is 14.5. The topological polar surface area (TPSA) is 54.6 Å². The summed E-state index contributed by atoms with van der Waals surface area (Å²) in [4.78, 5) is 0. The highest BCUT2D eigenvalue weighted by Gasteiger charge is 2.11. The molecule has 110 valence electrons. The summed E-state index contributed by atoms with van der Waals surface area (Å²) in [5.41, 5.74) is 0.758. The van der Waals surface area contributed by atoms with Gasteiger partial charge in [0.15, 0.2) is 11.3 Å². The lowest BCUT2D eigenvalue weighted by atomic mass is 10.2. The minimum absolute atomic E-state index is 0.251. The molecule has 0 saturated heterocycles. The van der Waals surface area contributed by atoms with E-state index in [2.05, 4.69) is 12.2 Å². The zero-order valence-electron chi connectivity index (χ0n) is 12.3. The Hall–Kier alpha value is -1.52. The summed E-state index contributed by atoms with van der Waals surface area (Å²) in [6.07, 6.45) is 0.322. The number of fused-ring (bicyclic) bond motifs is 1. The lowest BCUT2D eigenvalue weighted by Crippen LogP contribution is -2.35. The molecule has 0 amide bonds. The van der Waals surface area contributed by atoms with Crippen molar-refractivity contribution in [3.63, 3.8) is 0 Å². The smallest absolute Gasteiger partial charge is 0.176 e. The minimum atomic E-state index is -0.534. The maximum atomic E-state index is 9.86. The second-order valence-corrected chi connectivity index (χ2v) is 5.27. The molecule has 0 fully saturated rings. The monoisotopic (exact) mass is 277 g/mol. The van der Waals surface area contributed by atoms with Gasteiger partial charge in [-0.1, -0.05) is 32.9 Å². The van der Waals surface area contributed by atoms with Crippen LogP contribution in [0.25, 0.3) is 11.0 Å². The van der Waals surface area contributed by atoms with E-state index in [9.17, 15) is 5.11 Å². The van der Waals surface area contributed by atoms with Gasteiger partial charge in [-0.05, 0) is 12.1 Å². The van der Waals surface area contributed by atoms with Gasteiger partial charge < -0.3 is 19.6 Å². The number of aliphatic hydroxyl groups excluding tert-OH is 1. The molecule has 0 spiro atoms. The molecule has 0 unspecified atom stereocenters. The van der Waals surface area contributed by atoms with Gasteiger partial charge in [0, 0.05) is 24.4 Å². The lowest BCUT2D eigenvalue weighted by molar-refractivity contribution is 0.105. The number of aliphatic hydroxyl groups is 1. The molecule has 0 aliphatic heterocycles. The van der Waals surface area contributed by atoms with Gasteiger partial charge in [-0.25, -0.2) is 0 Å².